The topological polar surface area (TPSA) is 3.24 Å². The average molecular weight is 265 g/mol. The summed E-state index contributed by atoms with van der Waals surface area (Å²) >= 11 is 0. The summed E-state index contributed by atoms with van der Waals surface area (Å²) in [6.07, 6.45) is 5.05. The molecule has 1 heteroatoms. The number of hydrogen-bond donors (Lipinski definition) is 0. The average Bonchev–Trinajstić information content (AvgIpc) is 3.03. The molecule has 2 aromatic carbocycles. The van der Waals surface area contributed by atoms with E-state index in [0.717, 1.165) is 12.8 Å². The van der Waals surface area contributed by atoms with Gasteiger partial charge in [0.05, 0.1) is 0 Å². The van der Waals surface area contributed by atoms with E-state index in [1.165, 1.54) is 37.1 Å². The summed E-state index contributed by atoms with van der Waals surface area (Å²) in [4.78, 5) is 2.68. The Bertz CT molecular complexity index is 458. The van der Waals surface area contributed by atoms with Crippen LogP contribution in [0, 0.1) is 0 Å². The molecule has 0 saturated carbocycles. The molecular formula is C19H23N. The third-order valence-corrected chi connectivity index (χ3v) is 4.29. The highest BCUT2D eigenvalue weighted by Crippen LogP contribution is 2.19. The molecule has 0 aliphatic carbocycles. The Balaban J connectivity index is 1.73. The highest BCUT2D eigenvalue weighted by atomic mass is 15.2. The summed E-state index contributed by atoms with van der Waals surface area (Å²) in [6, 6.07) is 22.5. The van der Waals surface area contributed by atoms with Gasteiger partial charge in [-0.1, -0.05) is 60.7 Å². The van der Waals surface area contributed by atoms with Gasteiger partial charge < -0.3 is 0 Å². The van der Waals surface area contributed by atoms with E-state index in [1.54, 1.807) is 0 Å². The second kappa shape index (κ2) is 6.71. The summed E-state index contributed by atoms with van der Waals surface area (Å²) in [5.74, 6) is 0. The minimum Gasteiger partial charge on any atom is -0.300 e. The van der Waals surface area contributed by atoms with E-state index >= 15 is 0 Å². The Kier molecular flexibility index (Phi) is 4.49. The monoisotopic (exact) mass is 265 g/mol. The van der Waals surface area contributed by atoms with E-state index < -0.39 is 0 Å². The molecule has 2 aromatic rings. The molecule has 1 aliphatic rings. The van der Waals surface area contributed by atoms with Gasteiger partial charge in [0, 0.05) is 6.04 Å². The third kappa shape index (κ3) is 3.49. The van der Waals surface area contributed by atoms with Gasteiger partial charge in [0.2, 0.25) is 0 Å². The fraction of sp³-hybridized carbons (Fsp3) is 0.368. The minimum atomic E-state index is 0.641. The summed E-state index contributed by atoms with van der Waals surface area (Å²) in [5, 5.41) is 0. The van der Waals surface area contributed by atoms with Crippen molar-refractivity contribution in [3.8, 4) is 0 Å². The van der Waals surface area contributed by atoms with Crippen molar-refractivity contribution >= 4 is 0 Å². The van der Waals surface area contributed by atoms with Gasteiger partial charge in [-0.05, 0) is 49.9 Å². The van der Waals surface area contributed by atoms with Crippen molar-refractivity contribution in [1.29, 1.82) is 0 Å². The highest BCUT2D eigenvalue weighted by molar-refractivity contribution is 5.20. The van der Waals surface area contributed by atoms with Crippen LogP contribution >= 0.6 is 0 Å². The van der Waals surface area contributed by atoms with Crippen molar-refractivity contribution in [2.45, 2.75) is 31.7 Å². The molecule has 1 nitrogen and oxygen atoms in total. The number of rotatable bonds is 5. The molecule has 104 valence electrons. The van der Waals surface area contributed by atoms with Crippen LogP contribution in [-0.2, 0) is 12.8 Å². The van der Waals surface area contributed by atoms with Crippen LogP contribution in [0.2, 0.25) is 0 Å². The van der Waals surface area contributed by atoms with Crippen molar-refractivity contribution < 1.29 is 0 Å². The SMILES string of the molecule is c1ccc(CC(Cc2ccccc2)N2CCCC2)cc1. The molecule has 0 unspecified atom stereocenters. The Morgan fingerprint density at radius 1 is 0.700 bits per heavy atom. The standard InChI is InChI=1S/C19H23N/c1-3-9-17(10-4-1)15-19(20-13-7-8-14-20)16-18-11-5-2-6-12-18/h1-6,9-12,19H,7-8,13-16H2. The van der Waals surface area contributed by atoms with Crippen LogP contribution in [0.1, 0.15) is 24.0 Å². The van der Waals surface area contributed by atoms with Crippen molar-refractivity contribution in [2.75, 3.05) is 13.1 Å². The van der Waals surface area contributed by atoms with Crippen LogP contribution < -0.4 is 0 Å². The second-order valence-corrected chi connectivity index (χ2v) is 5.78. The summed E-state index contributed by atoms with van der Waals surface area (Å²) in [5.41, 5.74) is 2.92. The number of likely N-dealkylation sites (tertiary alicyclic amines) is 1. The maximum absolute atomic E-state index is 2.68. The Hall–Kier alpha value is -1.60. The lowest BCUT2D eigenvalue weighted by Gasteiger charge is -2.28. The first-order valence-electron chi connectivity index (χ1n) is 7.74. The fourth-order valence-corrected chi connectivity index (χ4v) is 3.21. The van der Waals surface area contributed by atoms with Gasteiger partial charge in [0.25, 0.3) is 0 Å². The van der Waals surface area contributed by atoms with E-state index in [1.807, 2.05) is 0 Å². The molecule has 0 radical (unpaired) electrons. The van der Waals surface area contributed by atoms with Crippen LogP contribution in [-0.4, -0.2) is 24.0 Å². The van der Waals surface area contributed by atoms with Gasteiger partial charge in [-0.2, -0.15) is 0 Å². The molecule has 1 saturated heterocycles. The molecular weight excluding hydrogens is 242 g/mol. The third-order valence-electron chi connectivity index (χ3n) is 4.29. The van der Waals surface area contributed by atoms with Gasteiger partial charge >= 0.3 is 0 Å². The van der Waals surface area contributed by atoms with Crippen molar-refractivity contribution in [3.05, 3.63) is 71.8 Å². The van der Waals surface area contributed by atoms with Gasteiger partial charge in [-0.3, -0.25) is 4.90 Å². The molecule has 0 spiro atoms. The maximum atomic E-state index is 2.68. The quantitative estimate of drug-likeness (QED) is 0.791. The lowest BCUT2D eigenvalue weighted by Crippen LogP contribution is -2.36. The zero-order valence-electron chi connectivity index (χ0n) is 12.0. The predicted octanol–water partition coefficient (Wildman–Crippen LogP) is 3.94. The van der Waals surface area contributed by atoms with Crippen molar-refractivity contribution in [3.63, 3.8) is 0 Å². The lowest BCUT2D eigenvalue weighted by atomic mass is 9.98. The van der Waals surface area contributed by atoms with Crippen LogP contribution in [0.15, 0.2) is 60.7 Å². The van der Waals surface area contributed by atoms with Crippen LogP contribution in [0.3, 0.4) is 0 Å². The number of nitrogens with zero attached hydrogens (tertiary/aromatic N) is 1. The van der Waals surface area contributed by atoms with Crippen molar-refractivity contribution in [2.24, 2.45) is 0 Å². The molecule has 0 atom stereocenters. The maximum Gasteiger partial charge on any atom is 0.0176 e. The van der Waals surface area contributed by atoms with Gasteiger partial charge in [-0.15, -0.1) is 0 Å². The lowest BCUT2D eigenvalue weighted by molar-refractivity contribution is 0.239. The molecule has 0 aromatic heterocycles. The first-order chi connectivity index (χ1) is 9.92. The van der Waals surface area contributed by atoms with Gasteiger partial charge in [0.1, 0.15) is 0 Å². The Morgan fingerprint density at radius 3 is 1.60 bits per heavy atom. The van der Waals surface area contributed by atoms with Crippen LogP contribution in [0.25, 0.3) is 0 Å². The smallest absolute Gasteiger partial charge is 0.0176 e. The van der Waals surface area contributed by atoms with E-state index in [-0.39, 0.29) is 0 Å². The number of hydrogen-bond acceptors (Lipinski definition) is 1. The molecule has 0 bridgehead atoms. The Labute approximate surface area is 122 Å². The Morgan fingerprint density at radius 2 is 1.15 bits per heavy atom. The summed E-state index contributed by atoms with van der Waals surface area (Å²) in [6.45, 7) is 2.54. The second-order valence-electron chi connectivity index (χ2n) is 5.78. The first kappa shape index (κ1) is 13.4. The molecule has 0 N–H and O–H groups in total. The first-order valence-corrected chi connectivity index (χ1v) is 7.74. The fourth-order valence-electron chi connectivity index (χ4n) is 3.21. The zero-order chi connectivity index (χ0) is 13.6. The van der Waals surface area contributed by atoms with E-state index in [0.29, 0.717) is 6.04 Å². The molecule has 1 fully saturated rings. The largest absolute Gasteiger partial charge is 0.300 e. The molecule has 20 heavy (non-hydrogen) atoms. The van der Waals surface area contributed by atoms with Gasteiger partial charge in [-0.25, -0.2) is 0 Å². The molecule has 0 amide bonds. The zero-order valence-corrected chi connectivity index (χ0v) is 12.0. The predicted molar refractivity (Wildman–Crippen MR) is 84.9 cm³/mol. The van der Waals surface area contributed by atoms with Crippen LogP contribution in [0.5, 0.6) is 0 Å². The van der Waals surface area contributed by atoms with Crippen LogP contribution in [0.4, 0.5) is 0 Å². The minimum absolute atomic E-state index is 0.641. The van der Waals surface area contributed by atoms with Crippen molar-refractivity contribution in [1.82, 2.24) is 4.90 Å². The van der Waals surface area contributed by atoms with E-state index in [2.05, 4.69) is 65.6 Å². The summed E-state index contributed by atoms with van der Waals surface area (Å²) < 4.78 is 0. The highest BCUT2D eigenvalue weighted by Gasteiger charge is 2.22. The van der Waals surface area contributed by atoms with E-state index in [9.17, 15) is 0 Å². The molecule has 1 aliphatic heterocycles. The molecule has 1 heterocycles. The van der Waals surface area contributed by atoms with Gasteiger partial charge in [0.15, 0.2) is 0 Å². The summed E-state index contributed by atoms with van der Waals surface area (Å²) in [7, 11) is 0. The van der Waals surface area contributed by atoms with E-state index in [4.69, 9.17) is 0 Å². The molecule has 3 rings (SSSR count). The normalized spacial score (nSPS) is 15.8. The number of benzene rings is 2.